The molecule has 0 bridgehead atoms. The highest BCUT2D eigenvalue weighted by Gasteiger charge is 2.38. The molecule has 3 nitrogen and oxygen atoms in total. The van der Waals surface area contributed by atoms with Gasteiger partial charge in [-0.15, -0.1) is 0 Å². The molecule has 1 unspecified atom stereocenters. The summed E-state index contributed by atoms with van der Waals surface area (Å²) >= 11 is 7.21. The Hall–Kier alpha value is -2.14. The van der Waals surface area contributed by atoms with E-state index in [1.54, 1.807) is 0 Å². The number of benzene rings is 4. The Morgan fingerprint density at radius 2 is 0.719 bits per heavy atom. The average Bonchev–Trinajstić information content (AvgIpc) is 2.85. The van der Waals surface area contributed by atoms with E-state index in [0.29, 0.717) is 0 Å². The van der Waals surface area contributed by atoms with Crippen molar-refractivity contribution in [2.45, 2.75) is 0 Å². The SMILES string of the molecule is CP1(Cl)=NP(c2ccccc2)(c2ccccc2)=NP(c2ccccc2)(c2ccccc2)=N1. The largest absolute Gasteiger partial charge is 0.223 e. The van der Waals surface area contributed by atoms with Gasteiger partial charge in [0.15, 0.2) is 6.56 Å². The quantitative estimate of drug-likeness (QED) is 0.265. The maximum atomic E-state index is 7.21. The summed E-state index contributed by atoms with van der Waals surface area (Å²) in [5.74, 6) is 0. The molecule has 1 aliphatic rings. The molecule has 4 aromatic rings. The third kappa shape index (κ3) is 3.89. The Kier molecular flexibility index (Phi) is 5.87. The molecule has 0 aromatic heterocycles. The highest BCUT2D eigenvalue weighted by Crippen LogP contribution is 2.77. The van der Waals surface area contributed by atoms with Crippen LogP contribution in [0.2, 0.25) is 0 Å². The van der Waals surface area contributed by atoms with Crippen LogP contribution < -0.4 is 21.2 Å². The number of rotatable bonds is 4. The Morgan fingerprint density at radius 1 is 0.438 bits per heavy atom. The lowest BCUT2D eigenvalue weighted by molar-refractivity contribution is 1.63. The van der Waals surface area contributed by atoms with Crippen LogP contribution in [0.3, 0.4) is 0 Å². The summed E-state index contributed by atoms with van der Waals surface area (Å²) in [4.78, 5) is 0. The lowest BCUT2D eigenvalue weighted by atomic mass is 10.4. The van der Waals surface area contributed by atoms with Crippen molar-refractivity contribution in [1.82, 2.24) is 0 Å². The van der Waals surface area contributed by atoms with E-state index in [4.69, 9.17) is 24.8 Å². The van der Waals surface area contributed by atoms with Crippen LogP contribution in [0.15, 0.2) is 135 Å². The van der Waals surface area contributed by atoms with Crippen LogP contribution in [0.5, 0.6) is 0 Å². The molecular formula is C25H23ClN3P3. The van der Waals surface area contributed by atoms with Gasteiger partial charge in [0.1, 0.15) is 14.4 Å². The monoisotopic (exact) mass is 493 g/mol. The van der Waals surface area contributed by atoms with Gasteiger partial charge < -0.3 is 0 Å². The van der Waals surface area contributed by atoms with E-state index in [1.807, 2.05) is 30.9 Å². The fourth-order valence-corrected chi connectivity index (χ4v) is 18.7. The van der Waals surface area contributed by atoms with Crippen LogP contribution >= 0.6 is 32.2 Å². The molecule has 0 radical (unpaired) electrons. The minimum absolute atomic E-state index is 1.12. The van der Waals surface area contributed by atoms with Crippen molar-refractivity contribution >= 4 is 53.4 Å². The number of hydrogen-bond acceptors (Lipinski definition) is 3. The topological polar surface area (TPSA) is 37.1 Å². The second-order valence-corrected chi connectivity index (χ2v) is 17.8. The zero-order valence-corrected chi connectivity index (χ0v) is 21.0. The lowest BCUT2D eigenvalue weighted by Crippen LogP contribution is -2.20. The summed E-state index contributed by atoms with van der Waals surface area (Å²) in [6, 6.07) is 41.7. The van der Waals surface area contributed by atoms with Gasteiger partial charge in [-0.3, -0.25) is 0 Å². The molecule has 1 heterocycles. The van der Waals surface area contributed by atoms with Crippen molar-refractivity contribution in [2.24, 2.45) is 13.5 Å². The Labute approximate surface area is 194 Å². The Balaban J connectivity index is 2.00. The first-order valence-corrected chi connectivity index (χ1v) is 16.8. The van der Waals surface area contributed by atoms with Crippen molar-refractivity contribution in [1.29, 1.82) is 0 Å². The molecule has 0 amide bonds. The molecule has 32 heavy (non-hydrogen) atoms. The highest BCUT2D eigenvalue weighted by molar-refractivity contribution is 8.03. The number of halogens is 1. The molecule has 0 N–H and O–H groups in total. The minimum atomic E-state index is -2.55. The summed E-state index contributed by atoms with van der Waals surface area (Å²) in [6.45, 7) is -0.510. The predicted molar refractivity (Wildman–Crippen MR) is 144 cm³/mol. The first-order chi connectivity index (χ1) is 15.5. The molecule has 7 heteroatoms. The van der Waals surface area contributed by atoms with Gasteiger partial charge in [0, 0.05) is 27.9 Å². The standard InChI is InChI=1S/C25H23ClN3P3/c1-30(26)27-31(22-14-6-2-7-15-22,23-16-8-3-9-17-23)29-32(28-30,24-18-10-4-11-19-24)25-20-12-5-13-21-25/h2-21H,1H3. The van der Waals surface area contributed by atoms with E-state index >= 15 is 0 Å². The van der Waals surface area contributed by atoms with Crippen LogP contribution in [0.4, 0.5) is 0 Å². The van der Waals surface area contributed by atoms with Gasteiger partial charge in [-0.25, -0.2) is 13.5 Å². The van der Waals surface area contributed by atoms with Crippen LogP contribution in [0, 0.1) is 0 Å². The zero-order chi connectivity index (χ0) is 22.1. The Bertz CT molecular complexity index is 1230. The van der Waals surface area contributed by atoms with E-state index in [-0.39, 0.29) is 0 Å². The average molecular weight is 494 g/mol. The molecule has 4 aromatic carbocycles. The van der Waals surface area contributed by atoms with Gasteiger partial charge in [0.2, 0.25) is 0 Å². The van der Waals surface area contributed by atoms with Gasteiger partial charge in [0.05, 0.1) is 0 Å². The first-order valence-electron chi connectivity index (χ1n) is 10.4. The second kappa shape index (κ2) is 8.66. The number of nitrogens with zero attached hydrogens (tertiary/aromatic N) is 3. The molecule has 160 valence electrons. The third-order valence-electron chi connectivity index (χ3n) is 5.31. The van der Waals surface area contributed by atoms with Crippen molar-refractivity contribution in [3.63, 3.8) is 0 Å². The summed E-state index contributed by atoms with van der Waals surface area (Å²) in [6.07, 6.45) is 0. The second-order valence-electron chi connectivity index (χ2n) is 7.62. The fraction of sp³-hybridized carbons (Fsp3) is 0.0400. The van der Waals surface area contributed by atoms with Crippen LogP contribution in [0.1, 0.15) is 0 Å². The van der Waals surface area contributed by atoms with Gasteiger partial charge in [-0.2, -0.15) is 0 Å². The minimum Gasteiger partial charge on any atom is -0.223 e. The predicted octanol–water partition coefficient (Wildman–Crippen LogP) is 7.43. The summed E-state index contributed by atoms with van der Waals surface area (Å²) in [5.41, 5.74) is 0. The molecule has 0 aliphatic carbocycles. The van der Waals surface area contributed by atoms with Gasteiger partial charge in [0.25, 0.3) is 0 Å². The molecule has 0 saturated carbocycles. The highest BCUT2D eigenvalue weighted by atomic mass is 35.7. The smallest absolute Gasteiger partial charge is 0.162 e. The zero-order valence-electron chi connectivity index (χ0n) is 17.6. The van der Waals surface area contributed by atoms with Crippen molar-refractivity contribution in [2.75, 3.05) is 6.66 Å². The molecular weight excluding hydrogens is 471 g/mol. The fourth-order valence-electron chi connectivity index (χ4n) is 3.97. The van der Waals surface area contributed by atoms with Crippen LogP contribution in [-0.2, 0) is 0 Å². The van der Waals surface area contributed by atoms with E-state index in [9.17, 15) is 0 Å². The van der Waals surface area contributed by atoms with Gasteiger partial charge in [-0.1, -0.05) is 133 Å². The molecule has 0 fully saturated rings. The first kappa shape index (κ1) is 21.7. The van der Waals surface area contributed by atoms with E-state index in [2.05, 4.69) is 97.1 Å². The maximum absolute atomic E-state index is 7.21. The van der Waals surface area contributed by atoms with Crippen molar-refractivity contribution in [3.8, 4) is 0 Å². The van der Waals surface area contributed by atoms with Crippen LogP contribution in [-0.4, -0.2) is 6.66 Å². The summed E-state index contributed by atoms with van der Waals surface area (Å²) in [7, 11) is -5.09. The van der Waals surface area contributed by atoms with Gasteiger partial charge >= 0.3 is 0 Å². The molecule has 5 rings (SSSR count). The van der Waals surface area contributed by atoms with E-state index < -0.39 is 21.0 Å². The van der Waals surface area contributed by atoms with Crippen LogP contribution in [0.25, 0.3) is 0 Å². The van der Waals surface area contributed by atoms with Crippen molar-refractivity contribution in [3.05, 3.63) is 121 Å². The third-order valence-corrected chi connectivity index (χ3v) is 17.4. The van der Waals surface area contributed by atoms with Crippen molar-refractivity contribution < 1.29 is 0 Å². The number of hydrogen-bond donors (Lipinski definition) is 0. The molecule has 1 aliphatic heterocycles. The van der Waals surface area contributed by atoms with E-state index in [1.165, 1.54) is 0 Å². The Morgan fingerprint density at radius 3 is 1.03 bits per heavy atom. The normalized spacial score (nSPS) is 20.9. The van der Waals surface area contributed by atoms with E-state index in [0.717, 1.165) is 21.2 Å². The maximum Gasteiger partial charge on any atom is 0.162 e. The lowest BCUT2D eigenvalue weighted by Gasteiger charge is -2.34. The summed E-state index contributed by atoms with van der Waals surface area (Å²) < 4.78 is 16.4. The molecule has 0 saturated heterocycles. The molecule has 1 atom stereocenters. The summed E-state index contributed by atoms with van der Waals surface area (Å²) in [5, 5.41) is 4.46. The van der Waals surface area contributed by atoms with Gasteiger partial charge in [-0.05, 0) is 0 Å². The molecule has 0 spiro atoms.